The van der Waals surface area contributed by atoms with E-state index in [4.69, 9.17) is 5.11 Å². The fraction of sp³-hybridized carbons (Fsp3) is 0.500. The molecule has 3 rings (SSSR count). The van der Waals surface area contributed by atoms with Crippen LogP contribution in [0, 0.1) is 11.8 Å². The normalized spacial score (nSPS) is 25.5. The van der Waals surface area contributed by atoms with Gasteiger partial charge in [0.15, 0.2) is 11.2 Å². The lowest BCUT2D eigenvalue weighted by atomic mass is 10.3. The number of halogens is 2. The van der Waals surface area contributed by atoms with Gasteiger partial charge in [-0.25, -0.2) is 18.7 Å². The van der Waals surface area contributed by atoms with Gasteiger partial charge >= 0.3 is 0 Å². The number of nitrogens with zero attached hydrogens (tertiary/aromatic N) is 3. The van der Waals surface area contributed by atoms with Crippen molar-refractivity contribution in [2.75, 3.05) is 6.61 Å². The Morgan fingerprint density at radius 1 is 1.44 bits per heavy atom. The zero-order chi connectivity index (χ0) is 12.9. The fourth-order valence-electron chi connectivity index (χ4n) is 2.20. The van der Waals surface area contributed by atoms with Crippen LogP contribution in [0.15, 0.2) is 17.4 Å². The Morgan fingerprint density at radius 2 is 2.22 bits per heavy atom. The van der Waals surface area contributed by atoms with E-state index in [1.54, 1.807) is 0 Å². The van der Waals surface area contributed by atoms with Crippen molar-refractivity contribution in [2.24, 2.45) is 11.8 Å². The lowest BCUT2D eigenvalue weighted by Gasteiger charge is -2.01. The van der Waals surface area contributed by atoms with Crippen molar-refractivity contribution in [1.82, 2.24) is 19.5 Å². The summed E-state index contributed by atoms with van der Waals surface area (Å²) in [5.41, 5.74) is 0.000157. The molecule has 18 heavy (non-hydrogen) atoms. The van der Waals surface area contributed by atoms with Gasteiger partial charge in [-0.2, -0.15) is 0 Å². The summed E-state index contributed by atoms with van der Waals surface area (Å²) in [7, 11) is 0. The molecule has 0 aliphatic heterocycles. The van der Waals surface area contributed by atoms with Crippen LogP contribution in [0.25, 0.3) is 11.2 Å². The third-order valence-corrected chi connectivity index (χ3v) is 3.36. The van der Waals surface area contributed by atoms with Crippen LogP contribution in [0.1, 0.15) is 0 Å². The van der Waals surface area contributed by atoms with E-state index >= 15 is 0 Å². The van der Waals surface area contributed by atoms with Crippen molar-refractivity contribution in [2.45, 2.75) is 12.5 Å². The Labute approximate surface area is 99.3 Å². The number of aliphatic hydroxyl groups excluding tert-OH is 1. The largest absolute Gasteiger partial charge is 0.396 e. The van der Waals surface area contributed by atoms with Gasteiger partial charge in [-0.05, 0) is 0 Å². The summed E-state index contributed by atoms with van der Waals surface area (Å²) in [6, 6.07) is 0. The molecule has 0 unspecified atom stereocenters. The highest BCUT2D eigenvalue weighted by Gasteiger charge is 2.67. The van der Waals surface area contributed by atoms with E-state index in [2.05, 4.69) is 15.0 Å². The van der Waals surface area contributed by atoms with E-state index < -0.39 is 29.9 Å². The number of hydrogen-bond donors (Lipinski definition) is 2. The van der Waals surface area contributed by atoms with Crippen molar-refractivity contribution in [3.8, 4) is 0 Å². The molecule has 1 fully saturated rings. The Hall–Kier alpha value is -1.83. The monoisotopic (exact) mass is 256 g/mol. The molecule has 0 spiro atoms. The third-order valence-electron chi connectivity index (χ3n) is 3.36. The van der Waals surface area contributed by atoms with Gasteiger partial charge in [0.2, 0.25) is 0 Å². The second-order valence-electron chi connectivity index (χ2n) is 4.37. The van der Waals surface area contributed by atoms with Gasteiger partial charge in [-0.3, -0.25) is 4.79 Å². The SMILES string of the molecule is O=c1[nH]cnc2c1ncn2C[C@H]1[C@@H](CO)C1(F)F. The van der Waals surface area contributed by atoms with Gasteiger partial charge in [-0.1, -0.05) is 0 Å². The van der Waals surface area contributed by atoms with Crippen LogP contribution < -0.4 is 5.56 Å². The first-order chi connectivity index (χ1) is 8.55. The molecule has 2 N–H and O–H groups in total. The highest BCUT2D eigenvalue weighted by Crippen LogP contribution is 2.55. The smallest absolute Gasteiger partial charge is 0.278 e. The molecule has 0 radical (unpaired) electrons. The second kappa shape index (κ2) is 3.58. The van der Waals surface area contributed by atoms with Crippen molar-refractivity contribution in [3.63, 3.8) is 0 Å². The number of imidazole rings is 1. The molecular weight excluding hydrogens is 246 g/mol. The minimum atomic E-state index is -2.85. The van der Waals surface area contributed by atoms with Gasteiger partial charge in [0.05, 0.1) is 31.1 Å². The lowest BCUT2D eigenvalue weighted by Crippen LogP contribution is -2.09. The zero-order valence-electron chi connectivity index (χ0n) is 9.18. The molecule has 0 bridgehead atoms. The first kappa shape index (κ1) is 11.3. The van der Waals surface area contributed by atoms with E-state index in [-0.39, 0.29) is 17.7 Å². The minimum Gasteiger partial charge on any atom is -0.396 e. The maximum absolute atomic E-state index is 13.3. The zero-order valence-corrected chi connectivity index (χ0v) is 9.18. The molecule has 0 amide bonds. The third kappa shape index (κ3) is 1.45. The van der Waals surface area contributed by atoms with E-state index in [0.717, 1.165) is 0 Å². The van der Waals surface area contributed by atoms with E-state index in [1.165, 1.54) is 17.2 Å². The van der Waals surface area contributed by atoms with Gasteiger partial charge in [0, 0.05) is 6.54 Å². The fourth-order valence-corrected chi connectivity index (χ4v) is 2.20. The molecule has 0 saturated heterocycles. The number of rotatable bonds is 3. The Kier molecular flexibility index (Phi) is 2.24. The summed E-state index contributed by atoms with van der Waals surface area (Å²) in [6.45, 7) is -0.552. The predicted octanol–water partition coefficient (Wildman–Crippen LogP) is -0.00680. The molecule has 2 aromatic heterocycles. The number of aliphatic hydroxyl groups is 1. The summed E-state index contributed by atoms with van der Waals surface area (Å²) in [4.78, 5) is 21.5. The maximum Gasteiger partial charge on any atom is 0.278 e. The predicted molar refractivity (Wildman–Crippen MR) is 57.2 cm³/mol. The van der Waals surface area contributed by atoms with Crippen LogP contribution in [-0.4, -0.2) is 37.2 Å². The van der Waals surface area contributed by atoms with Crippen LogP contribution in [-0.2, 0) is 6.54 Å². The number of hydrogen-bond acceptors (Lipinski definition) is 4. The first-order valence-corrected chi connectivity index (χ1v) is 5.43. The Morgan fingerprint density at radius 3 is 2.89 bits per heavy atom. The van der Waals surface area contributed by atoms with Gasteiger partial charge in [0.1, 0.15) is 0 Å². The van der Waals surface area contributed by atoms with Crippen molar-refractivity contribution in [3.05, 3.63) is 23.0 Å². The van der Waals surface area contributed by atoms with Gasteiger partial charge < -0.3 is 14.7 Å². The quantitative estimate of drug-likeness (QED) is 0.809. The summed E-state index contributed by atoms with van der Waals surface area (Å²) in [6.07, 6.45) is 2.52. The summed E-state index contributed by atoms with van der Waals surface area (Å²) >= 11 is 0. The standard InChI is InChI=1S/C10H10F2N4O2/c11-10(12)5(6(10)2-17)1-16-4-15-7-8(16)13-3-14-9(7)18/h3-6,17H,1-2H2,(H,13,14,18)/t5-,6+/m0/s1. The molecule has 0 aromatic carbocycles. The number of aromatic amines is 1. The molecule has 1 aliphatic carbocycles. The molecule has 1 saturated carbocycles. The van der Waals surface area contributed by atoms with Crippen LogP contribution in [0.2, 0.25) is 0 Å². The van der Waals surface area contributed by atoms with Crippen molar-refractivity contribution >= 4 is 11.2 Å². The highest BCUT2D eigenvalue weighted by molar-refractivity contribution is 5.68. The van der Waals surface area contributed by atoms with Gasteiger partial charge in [-0.15, -0.1) is 0 Å². The topological polar surface area (TPSA) is 83.8 Å². The van der Waals surface area contributed by atoms with Crippen molar-refractivity contribution in [1.29, 1.82) is 0 Å². The summed E-state index contributed by atoms with van der Waals surface area (Å²) in [5, 5.41) is 8.82. The average molecular weight is 256 g/mol. The van der Waals surface area contributed by atoms with E-state index in [0.29, 0.717) is 0 Å². The molecule has 2 heterocycles. The Bertz CT molecular complexity index is 651. The maximum atomic E-state index is 13.3. The van der Waals surface area contributed by atoms with Crippen LogP contribution in [0.4, 0.5) is 8.78 Å². The van der Waals surface area contributed by atoms with Crippen LogP contribution in [0.5, 0.6) is 0 Å². The summed E-state index contributed by atoms with van der Waals surface area (Å²) in [5.74, 6) is -4.80. The number of fused-ring (bicyclic) bond motifs is 1. The molecule has 1 aliphatic rings. The molecule has 6 nitrogen and oxygen atoms in total. The lowest BCUT2D eigenvalue weighted by molar-refractivity contribution is 0.0704. The average Bonchev–Trinajstić information content (AvgIpc) is 2.69. The first-order valence-electron chi connectivity index (χ1n) is 5.43. The number of alkyl halides is 2. The molecule has 2 atom stereocenters. The molecule has 2 aromatic rings. The molecular formula is C10H10F2N4O2. The number of nitrogens with one attached hydrogen (secondary N) is 1. The van der Waals surface area contributed by atoms with Crippen molar-refractivity contribution < 1.29 is 13.9 Å². The number of H-pyrrole nitrogens is 1. The van der Waals surface area contributed by atoms with Gasteiger partial charge in [0.25, 0.3) is 11.5 Å². The molecule has 8 heteroatoms. The highest BCUT2D eigenvalue weighted by atomic mass is 19.3. The van der Waals surface area contributed by atoms with E-state index in [9.17, 15) is 13.6 Å². The number of aromatic nitrogens is 4. The summed E-state index contributed by atoms with van der Waals surface area (Å²) < 4.78 is 27.9. The van der Waals surface area contributed by atoms with Crippen LogP contribution in [0.3, 0.4) is 0 Å². The van der Waals surface area contributed by atoms with E-state index in [1.807, 2.05) is 0 Å². The Balaban J connectivity index is 1.93. The molecule has 96 valence electrons. The minimum absolute atomic E-state index is 0.00875. The second-order valence-corrected chi connectivity index (χ2v) is 4.37. The van der Waals surface area contributed by atoms with Crippen LogP contribution >= 0.6 is 0 Å².